The maximum absolute atomic E-state index is 13.9. The Morgan fingerprint density at radius 3 is 2.21 bits per heavy atom. The predicted molar refractivity (Wildman–Crippen MR) is 170 cm³/mol. The molecule has 0 radical (unpaired) electrons. The highest BCUT2D eigenvalue weighted by atomic mass is 35.5. The fourth-order valence-corrected chi connectivity index (χ4v) is 6.06. The first kappa shape index (κ1) is 32.7. The first-order valence-corrected chi connectivity index (χ1v) is 15.9. The third-order valence-electron chi connectivity index (χ3n) is 7.42. The summed E-state index contributed by atoms with van der Waals surface area (Å²) in [4.78, 5) is 42.3. The number of nitrogens with zero attached hydrogens (tertiary/aromatic N) is 1. The van der Waals surface area contributed by atoms with Crippen LogP contribution < -0.4 is 9.47 Å². The second kappa shape index (κ2) is 13.6. The fraction of sp³-hybridized carbons (Fsp3) is 0.364. The quantitative estimate of drug-likeness (QED) is 0.132. The molecular weight excluding hydrogens is 609 g/mol. The lowest BCUT2D eigenvalue weighted by Crippen LogP contribution is -2.40. The molecule has 0 aromatic heterocycles. The molecule has 4 rings (SSSR count). The van der Waals surface area contributed by atoms with E-state index in [1.165, 1.54) is 17.0 Å². The summed E-state index contributed by atoms with van der Waals surface area (Å²) in [6.07, 6.45) is 1.37. The average molecular weight is 645 g/mol. The van der Waals surface area contributed by atoms with Gasteiger partial charge in [0.2, 0.25) is 0 Å². The summed E-state index contributed by atoms with van der Waals surface area (Å²) in [5.74, 6) is -0.588. The van der Waals surface area contributed by atoms with Crippen molar-refractivity contribution < 1.29 is 28.6 Å². The highest BCUT2D eigenvalue weighted by molar-refractivity contribution is 7.98. The molecule has 0 unspecified atom stereocenters. The monoisotopic (exact) mass is 643 g/mol. The van der Waals surface area contributed by atoms with Crippen molar-refractivity contribution in [1.29, 1.82) is 0 Å². The van der Waals surface area contributed by atoms with E-state index in [-0.39, 0.29) is 42.2 Å². The van der Waals surface area contributed by atoms with Crippen molar-refractivity contribution in [3.63, 3.8) is 0 Å². The van der Waals surface area contributed by atoms with Crippen molar-refractivity contribution in [2.24, 2.45) is 5.92 Å². The minimum atomic E-state index is -1.19. The summed E-state index contributed by atoms with van der Waals surface area (Å²) < 4.78 is 17.0. The molecule has 10 heteroatoms. The van der Waals surface area contributed by atoms with Crippen molar-refractivity contribution in [3.05, 3.63) is 86.9 Å². The molecule has 0 saturated carbocycles. The average Bonchev–Trinajstić information content (AvgIpc) is 3.42. The number of esters is 1. The van der Waals surface area contributed by atoms with Gasteiger partial charge in [0.15, 0.2) is 17.1 Å². The Labute approximate surface area is 266 Å². The van der Waals surface area contributed by atoms with Crippen LogP contribution in [0.3, 0.4) is 0 Å². The number of halogens is 2. The molecule has 228 valence electrons. The molecule has 43 heavy (non-hydrogen) atoms. The lowest BCUT2D eigenvalue weighted by Gasteiger charge is -2.27. The number of ether oxygens (including phenoxy) is 3. The summed E-state index contributed by atoms with van der Waals surface area (Å²) in [5.41, 5.74) is 1.88. The minimum absolute atomic E-state index is 0.0587. The largest absolute Gasteiger partial charge is 0.476 e. The van der Waals surface area contributed by atoms with Gasteiger partial charge in [-0.15, -0.1) is 11.8 Å². The number of ketones is 1. The van der Waals surface area contributed by atoms with E-state index in [1.807, 2.05) is 56.5 Å². The standard InChI is InChI=1S/C33H35Cl2NO6S/c1-7-40-31(38)33(4,5)42-30-19(2)14-22(15-20(30)3)25-17-36(32(39)41-28-13-10-23(34)16-27(28)35)18-26(25)29(37)21-8-11-24(43-6)12-9-21/h8-16,25-26H,7,17-18H2,1-6H3/t25-,26+/m0/s1. The Kier molecular flexibility index (Phi) is 10.4. The molecule has 1 heterocycles. The maximum Gasteiger partial charge on any atom is 0.415 e. The Morgan fingerprint density at radius 1 is 0.977 bits per heavy atom. The highest BCUT2D eigenvalue weighted by Crippen LogP contribution is 2.39. The summed E-state index contributed by atoms with van der Waals surface area (Å²) in [6.45, 7) is 9.57. The molecule has 1 aliphatic heterocycles. The van der Waals surface area contributed by atoms with E-state index < -0.39 is 23.6 Å². The number of carbonyl (C=O) groups is 3. The van der Waals surface area contributed by atoms with Gasteiger partial charge in [0.05, 0.1) is 11.6 Å². The molecule has 0 aliphatic carbocycles. The molecule has 2 atom stereocenters. The number of amides is 1. The predicted octanol–water partition coefficient (Wildman–Crippen LogP) is 8.15. The van der Waals surface area contributed by atoms with Crippen molar-refractivity contribution in [3.8, 4) is 11.5 Å². The van der Waals surface area contributed by atoms with Gasteiger partial charge in [-0.1, -0.05) is 47.5 Å². The van der Waals surface area contributed by atoms with E-state index in [9.17, 15) is 14.4 Å². The van der Waals surface area contributed by atoms with E-state index in [1.54, 1.807) is 38.6 Å². The Bertz CT molecular complexity index is 1500. The third-order valence-corrected chi connectivity index (χ3v) is 8.69. The molecule has 1 fully saturated rings. The molecule has 0 spiro atoms. The third kappa shape index (κ3) is 7.48. The number of Topliss-reactive ketones (excluding diaryl/α,β-unsaturated/α-hetero) is 1. The fourth-order valence-electron chi connectivity index (χ4n) is 5.20. The summed E-state index contributed by atoms with van der Waals surface area (Å²) in [6, 6.07) is 16.0. The van der Waals surface area contributed by atoms with Gasteiger partial charge < -0.3 is 19.1 Å². The smallest absolute Gasteiger partial charge is 0.415 e. The molecule has 0 bridgehead atoms. The zero-order valence-electron chi connectivity index (χ0n) is 25.0. The van der Waals surface area contributed by atoms with E-state index in [2.05, 4.69) is 0 Å². The number of hydrogen-bond acceptors (Lipinski definition) is 7. The van der Waals surface area contributed by atoms with Crippen LogP contribution in [0.1, 0.15) is 53.7 Å². The van der Waals surface area contributed by atoms with Gasteiger partial charge in [0.25, 0.3) is 0 Å². The summed E-state index contributed by atoms with van der Waals surface area (Å²) in [5, 5.41) is 0.638. The molecule has 3 aromatic rings. The SMILES string of the molecule is CCOC(=O)C(C)(C)Oc1c(C)cc([C@@H]2CN(C(=O)Oc3ccc(Cl)cc3Cl)C[C@H]2C(=O)c2ccc(SC)cc2)cc1C. The number of hydrogen-bond donors (Lipinski definition) is 0. The molecule has 1 saturated heterocycles. The topological polar surface area (TPSA) is 82.1 Å². The Hall–Kier alpha value is -3.20. The van der Waals surface area contributed by atoms with Gasteiger partial charge in [-0.2, -0.15) is 0 Å². The second-order valence-corrected chi connectivity index (χ2v) is 12.7. The van der Waals surface area contributed by atoms with Crippen molar-refractivity contribution in [1.82, 2.24) is 4.90 Å². The first-order chi connectivity index (χ1) is 20.3. The van der Waals surface area contributed by atoms with Crippen LogP contribution in [0.15, 0.2) is 59.5 Å². The lowest BCUT2D eigenvalue weighted by atomic mass is 9.82. The Morgan fingerprint density at radius 2 is 1.63 bits per heavy atom. The van der Waals surface area contributed by atoms with Crippen LogP contribution in [0.5, 0.6) is 11.5 Å². The van der Waals surface area contributed by atoms with E-state index in [0.29, 0.717) is 16.3 Å². The van der Waals surface area contributed by atoms with Gasteiger partial charge >= 0.3 is 12.1 Å². The summed E-state index contributed by atoms with van der Waals surface area (Å²) in [7, 11) is 0. The van der Waals surface area contributed by atoms with E-state index >= 15 is 0 Å². The lowest BCUT2D eigenvalue weighted by molar-refractivity contribution is -0.158. The highest BCUT2D eigenvalue weighted by Gasteiger charge is 2.42. The van der Waals surface area contributed by atoms with Gasteiger partial charge in [-0.05, 0) is 87.9 Å². The molecule has 7 nitrogen and oxygen atoms in total. The number of carbonyl (C=O) groups excluding carboxylic acids is 3. The number of likely N-dealkylation sites (tertiary alicyclic amines) is 1. The molecule has 0 N–H and O–H groups in total. The minimum Gasteiger partial charge on any atom is -0.476 e. The van der Waals surface area contributed by atoms with Crippen LogP contribution in [0.4, 0.5) is 4.79 Å². The van der Waals surface area contributed by atoms with Gasteiger partial charge in [0.1, 0.15) is 5.75 Å². The molecular formula is C33H35Cl2NO6S. The van der Waals surface area contributed by atoms with E-state index in [4.69, 9.17) is 37.4 Å². The van der Waals surface area contributed by atoms with Crippen LogP contribution in [0.25, 0.3) is 0 Å². The van der Waals surface area contributed by atoms with Crippen molar-refractivity contribution in [2.75, 3.05) is 26.0 Å². The zero-order valence-corrected chi connectivity index (χ0v) is 27.4. The van der Waals surface area contributed by atoms with Crippen LogP contribution in [0, 0.1) is 19.8 Å². The normalized spacial score (nSPS) is 16.6. The van der Waals surface area contributed by atoms with Gasteiger partial charge in [-0.3, -0.25) is 4.79 Å². The number of thioether (sulfide) groups is 1. The number of benzene rings is 3. The zero-order chi connectivity index (χ0) is 31.5. The van der Waals surface area contributed by atoms with Crippen LogP contribution >= 0.6 is 35.0 Å². The van der Waals surface area contributed by atoms with Crippen LogP contribution in [-0.4, -0.2) is 54.3 Å². The maximum atomic E-state index is 13.9. The molecule has 3 aromatic carbocycles. The second-order valence-electron chi connectivity index (χ2n) is 11.0. The van der Waals surface area contributed by atoms with Gasteiger partial charge in [-0.25, -0.2) is 9.59 Å². The van der Waals surface area contributed by atoms with Crippen molar-refractivity contribution >= 4 is 52.8 Å². The number of aryl methyl sites for hydroxylation is 2. The first-order valence-electron chi connectivity index (χ1n) is 13.9. The van der Waals surface area contributed by atoms with Gasteiger partial charge in [0, 0.05) is 40.4 Å². The summed E-state index contributed by atoms with van der Waals surface area (Å²) >= 11 is 13.8. The van der Waals surface area contributed by atoms with Crippen molar-refractivity contribution in [2.45, 2.75) is 51.0 Å². The van der Waals surface area contributed by atoms with Crippen LogP contribution in [-0.2, 0) is 9.53 Å². The Balaban J connectivity index is 1.66. The van der Waals surface area contributed by atoms with Crippen LogP contribution in [0.2, 0.25) is 10.0 Å². The molecule has 1 amide bonds. The number of rotatable bonds is 9. The molecule has 1 aliphatic rings. The van der Waals surface area contributed by atoms with E-state index in [0.717, 1.165) is 21.6 Å².